The van der Waals surface area contributed by atoms with Gasteiger partial charge >= 0.3 is 0 Å². The van der Waals surface area contributed by atoms with Crippen molar-refractivity contribution in [2.24, 2.45) is 0 Å². The summed E-state index contributed by atoms with van der Waals surface area (Å²) in [5, 5.41) is 7.91. The van der Waals surface area contributed by atoms with Gasteiger partial charge in [-0.3, -0.25) is 5.10 Å². The Kier molecular flexibility index (Phi) is 1.50. The number of anilines is 1. The first-order valence-electron chi connectivity index (χ1n) is 4.04. The van der Waals surface area contributed by atoms with Crippen LogP contribution in [0.2, 0.25) is 0 Å². The molecule has 0 bridgehead atoms. The van der Waals surface area contributed by atoms with Gasteiger partial charge in [0.1, 0.15) is 0 Å². The summed E-state index contributed by atoms with van der Waals surface area (Å²) >= 11 is 0. The fourth-order valence-electron chi connectivity index (χ4n) is 1.42. The summed E-state index contributed by atoms with van der Waals surface area (Å²) < 4.78 is 0. The molecule has 12 heavy (non-hydrogen) atoms. The summed E-state index contributed by atoms with van der Waals surface area (Å²) in [7, 11) is 0. The second-order valence-corrected chi connectivity index (χ2v) is 2.80. The van der Waals surface area contributed by atoms with Gasteiger partial charge in [0.15, 0.2) is 5.82 Å². The summed E-state index contributed by atoms with van der Waals surface area (Å²) in [5.74, 6) is 0.584. The lowest BCUT2D eigenvalue weighted by Gasteiger charge is -1.96. The van der Waals surface area contributed by atoms with Crippen LogP contribution >= 0.6 is 0 Å². The van der Waals surface area contributed by atoms with Gasteiger partial charge in [-0.25, -0.2) is 0 Å². The van der Waals surface area contributed by atoms with Crippen LogP contribution in [0.4, 0.5) is 5.82 Å². The average molecular weight is 161 g/mol. The Balaban J connectivity index is 2.81. The van der Waals surface area contributed by atoms with Gasteiger partial charge < -0.3 is 5.73 Å². The summed E-state index contributed by atoms with van der Waals surface area (Å²) in [4.78, 5) is 0. The predicted octanol–water partition coefficient (Wildman–Crippen LogP) is 1.71. The number of nitrogens with zero attached hydrogens (tertiary/aromatic N) is 1. The molecule has 1 aromatic heterocycles. The molecular formula is C9H11N3. The molecule has 62 valence electrons. The van der Waals surface area contributed by atoms with E-state index in [1.54, 1.807) is 0 Å². The Labute approximate surface area is 70.6 Å². The molecule has 0 fully saturated rings. The number of nitrogens with one attached hydrogen (secondary N) is 1. The van der Waals surface area contributed by atoms with Crippen LogP contribution in [0.15, 0.2) is 18.2 Å². The smallest absolute Gasteiger partial charge is 0.153 e. The molecule has 0 amide bonds. The zero-order chi connectivity index (χ0) is 8.55. The Morgan fingerprint density at radius 1 is 1.50 bits per heavy atom. The number of aryl methyl sites for hydroxylation is 1. The van der Waals surface area contributed by atoms with Gasteiger partial charge in [0.2, 0.25) is 0 Å². The van der Waals surface area contributed by atoms with Crippen molar-refractivity contribution in [2.75, 3.05) is 5.73 Å². The zero-order valence-corrected chi connectivity index (χ0v) is 6.96. The fraction of sp³-hybridized carbons (Fsp3) is 0.222. The van der Waals surface area contributed by atoms with Crippen LogP contribution in [0.25, 0.3) is 10.9 Å². The molecule has 3 N–H and O–H groups in total. The third kappa shape index (κ3) is 0.863. The highest BCUT2D eigenvalue weighted by Crippen LogP contribution is 2.20. The van der Waals surface area contributed by atoms with Crippen molar-refractivity contribution in [3.63, 3.8) is 0 Å². The molecule has 0 radical (unpaired) electrons. The third-order valence-corrected chi connectivity index (χ3v) is 2.10. The lowest BCUT2D eigenvalue weighted by atomic mass is 10.1. The van der Waals surface area contributed by atoms with E-state index < -0.39 is 0 Å². The molecule has 2 rings (SSSR count). The van der Waals surface area contributed by atoms with Gasteiger partial charge in [-0.05, 0) is 18.1 Å². The summed E-state index contributed by atoms with van der Waals surface area (Å²) in [5.41, 5.74) is 7.99. The molecular weight excluding hydrogens is 150 g/mol. The van der Waals surface area contributed by atoms with Crippen molar-refractivity contribution < 1.29 is 0 Å². The number of hydrogen-bond donors (Lipinski definition) is 2. The van der Waals surface area contributed by atoms with Crippen LogP contribution in [0.1, 0.15) is 12.5 Å². The highest BCUT2D eigenvalue weighted by Gasteiger charge is 2.03. The molecule has 0 aliphatic heterocycles. The minimum absolute atomic E-state index is 0.584. The van der Waals surface area contributed by atoms with Gasteiger partial charge in [-0.1, -0.05) is 19.1 Å². The number of nitrogens with two attached hydrogens (primary N) is 1. The first-order valence-corrected chi connectivity index (χ1v) is 4.04. The van der Waals surface area contributed by atoms with Crippen molar-refractivity contribution in [3.05, 3.63) is 23.8 Å². The number of rotatable bonds is 1. The van der Waals surface area contributed by atoms with Crippen molar-refractivity contribution in [1.29, 1.82) is 0 Å². The minimum Gasteiger partial charge on any atom is -0.382 e. The van der Waals surface area contributed by atoms with Crippen molar-refractivity contribution in [2.45, 2.75) is 13.3 Å². The quantitative estimate of drug-likeness (QED) is 0.669. The van der Waals surface area contributed by atoms with Gasteiger partial charge in [0.25, 0.3) is 0 Å². The van der Waals surface area contributed by atoms with Gasteiger partial charge in [-0.2, -0.15) is 5.10 Å². The largest absolute Gasteiger partial charge is 0.382 e. The molecule has 3 heteroatoms. The number of hydrogen-bond acceptors (Lipinski definition) is 2. The lowest BCUT2D eigenvalue weighted by molar-refractivity contribution is 1.09. The Bertz CT molecular complexity index is 403. The zero-order valence-electron chi connectivity index (χ0n) is 6.96. The first kappa shape index (κ1) is 7.16. The Morgan fingerprint density at radius 3 is 3.08 bits per heavy atom. The number of H-pyrrole nitrogens is 1. The Morgan fingerprint density at radius 2 is 2.33 bits per heavy atom. The second-order valence-electron chi connectivity index (χ2n) is 2.80. The maximum absolute atomic E-state index is 5.66. The third-order valence-electron chi connectivity index (χ3n) is 2.10. The monoisotopic (exact) mass is 161 g/mol. The van der Waals surface area contributed by atoms with E-state index in [1.807, 2.05) is 12.1 Å². The highest BCUT2D eigenvalue weighted by molar-refractivity contribution is 5.90. The van der Waals surface area contributed by atoms with E-state index in [-0.39, 0.29) is 0 Å². The minimum atomic E-state index is 0.584. The molecule has 1 aromatic carbocycles. The van der Waals surface area contributed by atoms with Crippen LogP contribution < -0.4 is 5.73 Å². The standard InChI is InChI=1S/C9H11N3/c1-2-6-4-3-5-7-8(6)11-12-9(7)10/h3-5H,2H2,1H3,(H3,10,11,12). The van der Waals surface area contributed by atoms with Crippen LogP contribution in [0.5, 0.6) is 0 Å². The number of fused-ring (bicyclic) bond motifs is 1. The topological polar surface area (TPSA) is 54.7 Å². The summed E-state index contributed by atoms with van der Waals surface area (Å²) in [6.07, 6.45) is 0.999. The van der Waals surface area contributed by atoms with Gasteiger partial charge in [0, 0.05) is 5.39 Å². The predicted molar refractivity (Wildman–Crippen MR) is 49.9 cm³/mol. The van der Waals surface area contributed by atoms with Crippen molar-refractivity contribution in [1.82, 2.24) is 10.2 Å². The molecule has 1 heterocycles. The second kappa shape index (κ2) is 2.52. The van der Waals surface area contributed by atoms with Crippen molar-refractivity contribution in [3.8, 4) is 0 Å². The van der Waals surface area contributed by atoms with Gasteiger partial charge in [0.05, 0.1) is 5.52 Å². The SMILES string of the molecule is CCc1cccc2c(N)n[nH]c12. The van der Waals surface area contributed by atoms with Gasteiger partial charge in [-0.15, -0.1) is 0 Å². The fourth-order valence-corrected chi connectivity index (χ4v) is 1.42. The molecule has 3 nitrogen and oxygen atoms in total. The molecule has 2 aromatic rings. The van der Waals surface area contributed by atoms with E-state index in [9.17, 15) is 0 Å². The average Bonchev–Trinajstić information content (AvgIpc) is 2.48. The molecule has 0 unspecified atom stereocenters. The highest BCUT2D eigenvalue weighted by atomic mass is 15.1. The van der Waals surface area contributed by atoms with E-state index in [4.69, 9.17) is 5.73 Å². The number of para-hydroxylation sites is 1. The van der Waals surface area contributed by atoms with Crippen molar-refractivity contribution >= 4 is 16.7 Å². The van der Waals surface area contributed by atoms with E-state index in [0.717, 1.165) is 17.3 Å². The maximum atomic E-state index is 5.66. The number of aromatic amines is 1. The van der Waals surface area contributed by atoms with Crippen LogP contribution in [-0.4, -0.2) is 10.2 Å². The lowest BCUT2D eigenvalue weighted by Crippen LogP contribution is -1.84. The summed E-state index contributed by atoms with van der Waals surface area (Å²) in [6.45, 7) is 2.12. The maximum Gasteiger partial charge on any atom is 0.153 e. The molecule has 0 saturated heterocycles. The van der Waals surface area contributed by atoms with E-state index in [0.29, 0.717) is 5.82 Å². The van der Waals surface area contributed by atoms with Crippen LogP contribution in [-0.2, 0) is 6.42 Å². The van der Waals surface area contributed by atoms with E-state index in [1.165, 1.54) is 5.56 Å². The molecule has 0 aliphatic carbocycles. The number of benzene rings is 1. The molecule has 0 saturated carbocycles. The molecule has 0 spiro atoms. The van der Waals surface area contributed by atoms with E-state index >= 15 is 0 Å². The summed E-state index contributed by atoms with van der Waals surface area (Å²) in [6, 6.07) is 6.07. The normalized spacial score (nSPS) is 10.8. The number of aromatic nitrogens is 2. The molecule has 0 atom stereocenters. The number of nitrogen functional groups attached to an aromatic ring is 1. The molecule has 0 aliphatic rings. The first-order chi connectivity index (χ1) is 5.83. The van der Waals surface area contributed by atoms with Crippen LogP contribution in [0, 0.1) is 0 Å². The van der Waals surface area contributed by atoms with E-state index in [2.05, 4.69) is 23.2 Å². The Hall–Kier alpha value is -1.51. The van der Waals surface area contributed by atoms with Crippen LogP contribution in [0.3, 0.4) is 0 Å².